The summed E-state index contributed by atoms with van der Waals surface area (Å²) in [5.41, 5.74) is 0.884. The Balaban J connectivity index is 2.12. The van der Waals surface area contributed by atoms with Crippen molar-refractivity contribution in [2.45, 2.75) is 38.1 Å². The minimum absolute atomic E-state index is 0.0628. The summed E-state index contributed by atoms with van der Waals surface area (Å²) < 4.78 is 40.8. The average Bonchev–Trinajstić information content (AvgIpc) is 3.00. The Hall–Kier alpha value is -1.78. The Kier molecular flexibility index (Phi) is 6.68. The summed E-state index contributed by atoms with van der Waals surface area (Å²) in [4.78, 5) is 11.7. The Labute approximate surface area is 151 Å². The van der Waals surface area contributed by atoms with Crippen LogP contribution in [0.5, 0.6) is 0 Å². The largest absolute Gasteiger partial charge is 0.450 e. The summed E-state index contributed by atoms with van der Waals surface area (Å²) >= 11 is 0.964. The topological polar surface area (TPSA) is 110 Å². The minimum atomic E-state index is -3.77. The third-order valence-corrected chi connectivity index (χ3v) is 5.41. The second kappa shape index (κ2) is 8.54. The van der Waals surface area contributed by atoms with Crippen LogP contribution in [0.3, 0.4) is 0 Å². The van der Waals surface area contributed by atoms with Crippen molar-refractivity contribution in [3.8, 4) is 0 Å². The van der Waals surface area contributed by atoms with Gasteiger partial charge in [-0.05, 0) is 31.4 Å². The van der Waals surface area contributed by atoms with Gasteiger partial charge in [0.25, 0.3) is 0 Å². The lowest BCUT2D eigenvalue weighted by atomic mass is 10.0. The minimum Gasteiger partial charge on any atom is -0.450 e. The molecular weight excluding hydrogens is 364 g/mol. The first kappa shape index (κ1) is 19.5. The quantitative estimate of drug-likeness (QED) is 0.719. The first-order chi connectivity index (χ1) is 11.8. The molecule has 138 valence electrons. The van der Waals surface area contributed by atoms with Gasteiger partial charge >= 0.3 is 6.09 Å². The highest BCUT2D eigenvalue weighted by Gasteiger charge is 2.22. The van der Waals surface area contributed by atoms with E-state index in [1.165, 1.54) is 6.07 Å². The summed E-state index contributed by atoms with van der Waals surface area (Å²) in [5, 5.41) is 2.69. The highest BCUT2D eigenvalue weighted by molar-refractivity contribution is 7.89. The molecule has 0 aliphatic heterocycles. The van der Waals surface area contributed by atoms with Crippen LogP contribution in [0.4, 0.5) is 4.79 Å². The number of nitrogens with one attached hydrogen (secondary N) is 2. The van der Waals surface area contributed by atoms with Crippen molar-refractivity contribution in [1.29, 1.82) is 0 Å². The van der Waals surface area contributed by atoms with E-state index in [9.17, 15) is 13.2 Å². The van der Waals surface area contributed by atoms with Crippen LogP contribution in [0.2, 0.25) is 0 Å². The molecule has 25 heavy (non-hydrogen) atoms. The third-order valence-electron chi connectivity index (χ3n) is 3.41. The maximum absolute atomic E-state index is 12.6. The van der Waals surface area contributed by atoms with Crippen molar-refractivity contribution < 1.29 is 17.9 Å². The van der Waals surface area contributed by atoms with Crippen molar-refractivity contribution in [3.05, 3.63) is 18.2 Å². The number of sulfonamides is 1. The second-order valence-electron chi connectivity index (χ2n) is 5.93. The van der Waals surface area contributed by atoms with E-state index >= 15 is 0 Å². The number of rotatable bonds is 8. The van der Waals surface area contributed by atoms with E-state index < -0.39 is 16.1 Å². The maximum Gasteiger partial charge on any atom is 0.407 e. The Morgan fingerprint density at radius 3 is 2.76 bits per heavy atom. The lowest BCUT2D eigenvalue weighted by Crippen LogP contribution is -2.44. The summed E-state index contributed by atoms with van der Waals surface area (Å²) in [6, 6.07) is 4.45. The number of hydrogen-bond acceptors (Lipinski definition) is 7. The fourth-order valence-corrected chi connectivity index (χ4v) is 4.23. The number of nitrogens with zero attached hydrogens (tertiary/aromatic N) is 2. The third kappa shape index (κ3) is 5.35. The van der Waals surface area contributed by atoms with Crippen molar-refractivity contribution >= 4 is 38.9 Å². The molecule has 1 heterocycles. The first-order valence-corrected chi connectivity index (χ1v) is 10.2. The lowest BCUT2D eigenvalue weighted by molar-refractivity contribution is 0.146. The fourth-order valence-electron chi connectivity index (χ4n) is 2.39. The van der Waals surface area contributed by atoms with Gasteiger partial charge in [0.15, 0.2) is 0 Å². The number of fused-ring (bicyclic) bond motifs is 1. The molecule has 0 aliphatic rings. The molecule has 0 fully saturated rings. The van der Waals surface area contributed by atoms with E-state index in [1.807, 2.05) is 13.8 Å². The standard InChI is InChI=1S/C15H22N4O4S2/c1-4-23-15(20)17-11(8-10(2)3)9-16-25(21,22)13-7-5-6-12-14(13)19-24-18-12/h5-7,10-11,16H,4,8-9H2,1-3H3,(H,17,20). The molecule has 1 amide bonds. The van der Waals surface area contributed by atoms with Crippen LogP contribution in [0, 0.1) is 5.92 Å². The molecule has 0 saturated heterocycles. The van der Waals surface area contributed by atoms with Crippen LogP contribution in [0.25, 0.3) is 11.0 Å². The number of amides is 1. The number of alkyl carbamates (subject to hydrolysis) is 1. The van der Waals surface area contributed by atoms with Crippen LogP contribution < -0.4 is 10.0 Å². The van der Waals surface area contributed by atoms with Crippen LogP contribution in [-0.4, -0.2) is 42.5 Å². The van der Waals surface area contributed by atoms with E-state index in [4.69, 9.17) is 4.74 Å². The van der Waals surface area contributed by atoms with Crippen molar-refractivity contribution in [1.82, 2.24) is 18.8 Å². The predicted octanol–water partition coefficient (Wildman–Crippen LogP) is 2.13. The molecule has 2 rings (SSSR count). The zero-order chi connectivity index (χ0) is 18.4. The molecular formula is C15H22N4O4S2. The van der Waals surface area contributed by atoms with Gasteiger partial charge in [-0.1, -0.05) is 19.9 Å². The number of benzene rings is 1. The monoisotopic (exact) mass is 386 g/mol. The zero-order valence-corrected chi connectivity index (χ0v) is 16.0. The Morgan fingerprint density at radius 1 is 1.32 bits per heavy atom. The van der Waals surface area contributed by atoms with Gasteiger partial charge < -0.3 is 10.1 Å². The lowest BCUT2D eigenvalue weighted by Gasteiger charge is -2.20. The summed E-state index contributed by atoms with van der Waals surface area (Å²) in [6.07, 6.45) is 0.0576. The molecule has 10 heteroatoms. The fraction of sp³-hybridized carbons (Fsp3) is 0.533. The average molecular weight is 386 g/mol. The van der Waals surface area contributed by atoms with Gasteiger partial charge in [-0.3, -0.25) is 0 Å². The summed E-state index contributed by atoms with van der Waals surface area (Å²) in [6.45, 7) is 6.02. The van der Waals surface area contributed by atoms with Crippen molar-refractivity contribution in [3.63, 3.8) is 0 Å². The van der Waals surface area contributed by atoms with Gasteiger partial charge in [0.05, 0.1) is 18.3 Å². The van der Waals surface area contributed by atoms with Crippen molar-refractivity contribution in [2.75, 3.05) is 13.2 Å². The molecule has 0 bridgehead atoms. The van der Waals surface area contributed by atoms with E-state index in [0.29, 0.717) is 17.5 Å². The molecule has 2 N–H and O–H groups in total. The Bertz CT molecular complexity index is 820. The van der Waals surface area contributed by atoms with Gasteiger partial charge in [0, 0.05) is 12.6 Å². The number of aromatic nitrogens is 2. The van der Waals surface area contributed by atoms with E-state index in [0.717, 1.165) is 11.7 Å². The van der Waals surface area contributed by atoms with E-state index in [2.05, 4.69) is 18.8 Å². The first-order valence-electron chi connectivity index (χ1n) is 7.97. The van der Waals surface area contributed by atoms with Gasteiger partial charge in [-0.25, -0.2) is 17.9 Å². The normalized spacial score (nSPS) is 13.1. The maximum atomic E-state index is 12.6. The predicted molar refractivity (Wildman–Crippen MR) is 96.0 cm³/mol. The molecule has 1 atom stereocenters. The van der Waals surface area contributed by atoms with Gasteiger partial charge in [-0.2, -0.15) is 8.75 Å². The van der Waals surface area contributed by atoms with E-state index in [1.54, 1.807) is 19.1 Å². The SMILES string of the molecule is CCOC(=O)NC(CNS(=O)(=O)c1cccc2nsnc12)CC(C)C. The number of hydrogen-bond donors (Lipinski definition) is 2. The molecule has 0 saturated carbocycles. The highest BCUT2D eigenvalue weighted by Crippen LogP contribution is 2.20. The van der Waals surface area contributed by atoms with Crippen LogP contribution in [0.1, 0.15) is 27.2 Å². The number of carbonyl (C=O) groups excluding carboxylic acids is 1. The summed E-state index contributed by atoms with van der Waals surface area (Å²) in [5.74, 6) is 0.280. The molecule has 1 unspecified atom stereocenters. The molecule has 1 aromatic heterocycles. The van der Waals surface area contributed by atoms with Gasteiger partial charge in [-0.15, -0.1) is 0 Å². The molecule has 0 radical (unpaired) electrons. The van der Waals surface area contributed by atoms with Crippen LogP contribution in [0.15, 0.2) is 23.1 Å². The molecule has 0 aliphatic carbocycles. The molecule has 1 aromatic carbocycles. The smallest absolute Gasteiger partial charge is 0.407 e. The number of carbonyl (C=O) groups is 1. The second-order valence-corrected chi connectivity index (χ2v) is 8.20. The summed E-state index contributed by atoms with van der Waals surface area (Å²) in [7, 11) is -3.77. The molecule has 8 nitrogen and oxygen atoms in total. The zero-order valence-electron chi connectivity index (χ0n) is 14.4. The van der Waals surface area contributed by atoms with Crippen LogP contribution >= 0.6 is 11.7 Å². The van der Waals surface area contributed by atoms with Gasteiger partial charge in [0.1, 0.15) is 15.9 Å². The highest BCUT2D eigenvalue weighted by atomic mass is 32.2. The number of ether oxygens (including phenoxy) is 1. The van der Waals surface area contributed by atoms with Gasteiger partial charge in [0.2, 0.25) is 10.0 Å². The molecule has 0 spiro atoms. The van der Waals surface area contributed by atoms with Crippen LogP contribution in [-0.2, 0) is 14.8 Å². The Morgan fingerprint density at radius 2 is 2.08 bits per heavy atom. The molecule has 2 aromatic rings. The van der Waals surface area contributed by atoms with E-state index in [-0.39, 0.29) is 30.0 Å². The van der Waals surface area contributed by atoms with Crippen molar-refractivity contribution in [2.24, 2.45) is 5.92 Å².